The van der Waals surface area contributed by atoms with Gasteiger partial charge in [-0.25, -0.2) is 0 Å². The lowest BCUT2D eigenvalue weighted by atomic mass is 10.1. The third kappa shape index (κ3) is 3.21. The number of benzene rings is 2. The Morgan fingerprint density at radius 3 is 2.45 bits per heavy atom. The standard InChI is InChI=1S/C15H9NO4/c17-14-3-1-2-11(10-14)4-9-15(18)12-5-7-13(8-6-12)16(19)20/h1-3,5-8,10,17H. The zero-order chi connectivity index (χ0) is 14.5. The highest BCUT2D eigenvalue weighted by Crippen LogP contribution is 2.12. The molecule has 0 saturated heterocycles. The smallest absolute Gasteiger partial charge is 0.269 e. The fourth-order valence-electron chi connectivity index (χ4n) is 1.52. The summed E-state index contributed by atoms with van der Waals surface area (Å²) in [5.41, 5.74) is 0.714. The first-order valence-electron chi connectivity index (χ1n) is 5.66. The number of hydrogen-bond donors (Lipinski definition) is 1. The van der Waals surface area contributed by atoms with Crippen molar-refractivity contribution in [3.05, 3.63) is 69.8 Å². The number of nitrogens with zero attached hydrogens (tertiary/aromatic N) is 1. The Bertz CT molecular complexity index is 724. The minimum Gasteiger partial charge on any atom is -0.508 e. The van der Waals surface area contributed by atoms with E-state index in [0.29, 0.717) is 5.56 Å². The van der Waals surface area contributed by atoms with Crippen LogP contribution in [0.25, 0.3) is 0 Å². The molecule has 0 amide bonds. The number of aromatic hydroxyl groups is 1. The topological polar surface area (TPSA) is 80.4 Å². The van der Waals surface area contributed by atoms with Gasteiger partial charge in [0.05, 0.1) is 4.92 Å². The van der Waals surface area contributed by atoms with Gasteiger partial charge >= 0.3 is 0 Å². The second-order valence-corrected chi connectivity index (χ2v) is 3.93. The van der Waals surface area contributed by atoms with E-state index in [0.717, 1.165) is 0 Å². The molecule has 0 fully saturated rings. The Morgan fingerprint density at radius 2 is 1.85 bits per heavy atom. The normalized spacial score (nSPS) is 9.40. The van der Waals surface area contributed by atoms with E-state index in [1.54, 1.807) is 12.1 Å². The van der Waals surface area contributed by atoms with Crippen LogP contribution in [0.4, 0.5) is 5.69 Å². The van der Waals surface area contributed by atoms with Crippen LogP contribution in [0.3, 0.4) is 0 Å². The number of ketones is 1. The molecule has 0 aliphatic carbocycles. The fraction of sp³-hybridized carbons (Fsp3) is 0. The molecule has 0 radical (unpaired) electrons. The van der Waals surface area contributed by atoms with Crippen molar-refractivity contribution in [1.29, 1.82) is 0 Å². The maximum absolute atomic E-state index is 11.8. The Labute approximate surface area is 114 Å². The van der Waals surface area contributed by atoms with Crippen LogP contribution in [0.2, 0.25) is 0 Å². The summed E-state index contributed by atoms with van der Waals surface area (Å²) >= 11 is 0. The Morgan fingerprint density at radius 1 is 1.15 bits per heavy atom. The maximum atomic E-state index is 11.8. The van der Waals surface area contributed by atoms with Crippen LogP contribution in [-0.2, 0) is 0 Å². The first-order chi connectivity index (χ1) is 9.56. The molecule has 5 heteroatoms. The highest BCUT2D eigenvalue weighted by atomic mass is 16.6. The van der Waals surface area contributed by atoms with E-state index in [1.807, 2.05) is 0 Å². The van der Waals surface area contributed by atoms with Crippen LogP contribution in [0.1, 0.15) is 15.9 Å². The van der Waals surface area contributed by atoms with Crippen LogP contribution in [-0.4, -0.2) is 15.8 Å². The van der Waals surface area contributed by atoms with Crippen LogP contribution in [0, 0.1) is 22.0 Å². The SMILES string of the molecule is O=C(C#Cc1cccc(O)c1)c1ccc([N+](=O)[O-])cc1. The molecule has 0 saturated carbocycles. The third-order valence-corrected chi connectivity index (χ3v) is 2.51. The van der Waals surface area contributed by atoms with Crippen molar-refractivity contribution in [2.75, 3.05) is 0 Å². The molecule has 5 nitrogen and oxygen atoms in total. The molecular weight excluding hydrogens is 258 g/mol. The Hall–Kier alpha value is -3.13. The summed E-state index contributed by atoms with van der Waals surface area (Å²) in [7, 11) is 0. The molecular formula is C15H9NO4. The Balaban J connectivity index is 2.19. The number of carbonyl (C=O) groups is 1. The number of nitro groups is 1. The van der Waals surface area contributed by atoms with Crippen molar-refractivity contribution in [3.63, 3.8) is 0 Å². The van der Waals surface area contributed by atoms with E-state index in [9.17, 15) is 20.0 Å². The number of rotatable bonds is 2. The summed E-state index contributed by atoms with van der Waals surface area (Å²) in [5, 5.41) is 19.8. The molecule has 0 aliphatic heterocycles. The number of phenolic OH excluding ortho intramolecular Hbond substituents is 1. The largest absolute Gasteiger partial charge is 0.508 e. The quantitative estimate of drug-likeness (QED) is 0.392. The first kappa shape index (κ1) is 13.3. The molecule has 98 valence electrons. The van der Waals surface area contributed by atoms with Crippen molar-refractivity contribution in [1.82, 2.24) is 0 Å². The summed E-state index contributed by atoms with van der Waals surface area (Å²) < 4.78 is 0. The van der Waals surface area contributed by atoms with E-state index in [1.165, 1.54) is 36.4 Å². The summed E-state index contributed by atoms with van der Waals surface area (Å²) in [6.07, 6.45) is 0. The van der Waals surface area contributed by atoms with Crippen molar-refractivity contribution < 1.29 is 14.8 Å². The van der Waals surface area contributed by atoms with Gasteiger partial charge in [0, 0.05) is 23.3 Å². The second-order valence-electron chi connectivity index (χ2n) is 3.93. The van der Waals surface area contributed by atoms with E-state index in [2.05, 4.69) is 11.8 Å². The van der Waals surface area contributed by atoms with Crippen LogP contribution < -0.4 is 0 Å². The lowest BCUT2D eigenvalue weighted by Crippen LogP contribution is -1.95. The molecule has 0 aliphatic rings. The van der Waals surface area contributed by atoms with Gasteiger partial charge in [0.2, 0.25) is 5.78 Å². The minimum atomic E-state index is -0.535. The molecule has 0 unspecified atom stereocenters. The van der Waals surface area contributed by atoms with Crippen molar-refractivity contribution >= 4 is 11.5 Å². The second kappa shape index (κ2) is 5.67. The number of hydrogen-bond acceptors (Lipinski definition) is 4. The zero-order valence-corrected chi connectivity index (χ0v) is 10.2. The summed E-state index contributed by atoms with van der Waals surface area (Å²) in [6, 6.07) is 11.5. The fourth-order valence-corrected chi connectivity index (χ4v) is 1.52. The van der Waals surface area contributed by atoms with E-state index < -0.39 is 10.7 Å². The molecule has 0 atom stereocenters. The highest BCUT2D eigenvalue weighted by molar-refractivity contribution is 6.09. The van der Waals surface area contributed by atoms with Crippen molar-refractivity contribution in [2.24, 2.45) is 0 Å². The van der Waals surface area contributed by atoms with Gasteiger partial charge in [0.15, 0.2) is 0 Å². The van der Waals surface area contributed by atoms with Crippen LogP contribution >= 0.6 is 0 Å². The zero-order valence-electron chi connectivity index (χ0n) is 10.2. The molecule has 2 rings (SSSR count). The van der Waals surface area contributed by atoms with Crippen molar-refractivity contribution in [2.45, 2.75) is 0 Å². The van der Waals surface area contributed by atoms with Gasteiger partial charge in [-0.2, -0.15) is 0 Å². The van der Waals surface area contributed by atoms with Gasteiger partial charge in [-0.05, 0) is 36.3 Å². The van der Waals surface area contributed by atoms with Gasteiger partial charge in [0.25, 0.3) is 5.69 Å². The number of non-ortho nitro benzene ring substituents is 1. The van der Waals surface area contributed by atoms with Gasteiger partial charge in [-0.3, -0.25) is 14.9 Å². The molecule has 0 aromatic heterocycles. The highest BCUT2D eigenvalue weighted by Gasteiger charge is 2.07. The summed E-state index contributed by atoms with van der Waals surface area (Å²) in [4.78, 5) is 21.7. The molecule has 0 heterocycles. The van der Waals surface area contributed by atoms with Gasteiger partial charge in [0.1, 0.15) is 5.75 Å². The number of carbonyl (C=O) groups excluding carboxylic acids is 1. The predicted octanol–water partition coefficient (Wildman–Crippen LogP) is 2.53. The first-order valence-corrected chi connectivity index (χ1v) is 5.66. The summed E-state index contributed by atoms with van der Waals surface area (Å²) in [5.74, 6) is 4.68. The van der Waals surface area contributed by atoms with Gasteiger partial charge < -0.3 is 5.11 Å². The van der Waals surface area contributed by atoms with E-state index in [-0.39, 0.29) is 17.0 Å². The van der Waals surface area contributed by atoms with Crippen molar-refractivity contribution in [3.8, 4) is 17.6 Å². The predicted molar refractivity (Wildman–Crippen MR) is 72.4 cm³/mol. The molecule has 2 aromatic rings. The summed E-state index contributed by atoms with van der Waals surface area (Å²) in [6.45, 7) is 0. The number of phenols is 1. The van der Waals surface area contributed by atoms with E-state index >= 15 is 0 Å². The number of nitro benzene ring substituents is 1. The average molecular weight is 267 g/mol. The molecule has 20 heavy (non-hydrogen) atoms. The Kier molecular flexibility index (Phi) is 3.77. The minimum absolute atomic E-state index is 0.0691. The van der Waals surface area contributed by atoms with Gasteiger partial charge in [-0.1, -0.05) is 12.0 Å². The molecule has 1 N–H and O–H groups in total. The lowest BCUT2D eigenvalue weighted by molar-refractivity contribution is -0.384. The molecule has 0 bridgehead atoms. The maximum Gasteiger partial charge on any atom is 0.269 e. The molecule has 2 aromatic carbocycles. The van der Waals surface area contributed by atoms with Crippen LogP contribution in [0.5, 0.6) is 5.75 Å². The van der Waals surface area contributed by atoms with Crippen LogP contribution in [0.15, 0.2) is 48.5 Å². The monoisotopic (exact) mass is 267 g/mol. The number of Topliss-reactive ketones (excluding diaryl/α,β-unsaturated/α-hetero) is 1. The third-order valence-electron chi connectivity index (χ3n) is 2.51. The van der Waals surface area contributed by atoms with Gasteiger partial charge in [-0.15, -0.1) is 0 Å². The van der Waals surface area contributed by atoms with E-state index in [4.69, 9.17) is 0 Å². The average Bonchev–Trinajstić information content (AvgIpc) is 2.45. The lowest BCUT2D eigenvalue weighted by Gasteiger charge is -1.94. The molecule has 0 spiro atoms.